The lowest BCUT2D eigenvalue weighted by molar-refractivity contribution is 0.565. The molecule has 0 heterocycles. The van der Waals surface area contributed by atoms with Crippen LogP contribution in [0, 0.1) is 0 Å². The second-order valence-corrected chi connectivity index (χ2v) is 5.04. The Bertz CT molecular complexity index is 400. The molecular formula is C10H6Cl3NO. The van der Waals surface area contributed by atoms with E-state index < -0.39 is 3.79 Å². The predicted molar refractivity (Wildman–Crippen MR) is 63.5 cm³/mol. The van der Waals surface area contributed by atoms with Gasteiger partial charge in [0.25, 0.3) is 0 Å². The van der Waals surface area contributed by atoms with Crippen LogP contribution < -0.4 is 0 Å². The number of halogens is 3. The van der Waals surface area contributed by atoms with Crippen molar-refractivity contribution in [2.24, 2.45) is 4.99 Å². The summed E-state index contributed by atoms with van der Waals surface area (Å²) in [6.07, 6.45) is 4.56. The van der Waals surface area contributed by atoms with Crippen molar-refractivity contribution >= 4 is 52.6 Å². The van der Waals surface area contributed by atoms with Crippen molar-refractivity contribution in [2.75, 3.05) is 0 Å². The molecule has 5 heteroatoms. The van der Waals surface area contributed by atoms with E-state index in [1.807, 2.05) is 0 Å². The molecule has 0 aliphatic rings. The zero-order valence-corrected chi connectivity index (χ0v) is 9.72. The molecular weight excluding hydrogens is 256 g/mol. The molecule has 0 fully saturated rings. The standard InChI is InChI=1S/C10H6Cl3NO/c11-10(12,13)6-5-8-1-3-9(4-2-8)14-7-15/h1-6H. The van der Waals surface area contributed by atoms with Crippen molar-refractivity contribution in [2.45, 2.75) is 3.79 Å². The highest BCUT2D eigenvalue weighted by atomic mass is 35.6. The van der Waals surface area contributed by atoms with Gasteiger partial charge in [-0.1, -0.05) is 53.0 Å². The highest BCUT2D eigenvalue weighted by Crippen LogP contribution is 2.28. The number of hydrogen-bond donors (Lipinski definition) is 0. The third kappa shape index (κ3) is 5.01. The summed E-state index contributed by atoms with van der Waals surface area (Å²) in [5.41, 5.74) is 1.39. The van der Waals surface area contributed by atoms with Crippen LogP contribution >= 0.6 is 34.8 Å². The van der Waals surface area contributed by atoms with Crippen molar-refractivity contribution in [3.63, 3.8) is 0 Å². The van der Waals surface area contributed by atoms with Gasteiger partial charge >= 0.3 is 0 Å². The Hall–Kier alpha value is -0.790. The lowest BCUT2D eigenvalue weighted by Gasteiger charge is -2.02. The first-order valence-electron chi connectivity index (χ1n) is 3.95. The number of carbonyl (C=O) groups excluding carboxylic acids is 1. The molecule has 0 unspecified atom stereocenters. The van der Waals surface area contributed by atoms with E-state index in [1.165, 1.54) is 12.2 Å². The maximum atomic E-state index is 9.96. The zero-order chi connectivity index (χ0) is 11.3. The minimum atomic E-state index is -1.40. The minimum absolute atomic E-state index is 0.538. The quantitative estimate of drug-likeness (QED) is 0.449. The second kappa shape index (κ2) is 5.34. The monoisotopic (exact) mass is 261 g/mol. The van der Waals surface area contributed by atoms with Gasteiger partial charge in [-0.15, -0.1) is 0 Å². The highest BCUT2D eigenvalue weighted by molar-refractivity contribution is 6.69. The molecule has 0 aliphatic carbocycles. The molecule has 0 atom stereocenters. The molecule has 2 nitrogen and oxygen atoms in total. The largest absolute Gasteiger partial charge is 0.240 e. The van der Waals surface area contributed by atoms with Crippen molar-refractivity contribution in [1.29, 1.82) is 0 Å². The van der Waals surface area contributed by atoms with Crippen molar-refractivity contribution < 1.29 is 4.79 Å². The van der Waals surface area contributed by atoms with Gasteiger partial charge in [-0.05, 0) is 23.8 Å². The minimum Gasteiger partial charge on any atom is -0.211 e. The van der Waals surface area contributed by atoms with E-state index in [0.717, 1.165) is 5.56 Å². The van der Waals surface area contributed by atoms with Gasteiger partial charge in [-0.2, -0.15) is 4.99 Å². The highest BCUT2D eigenvalue weighted by Gasteiger charge is 2.13. The summed E-state index contributed by atoms with van der Waals surface area (Å²) < 4.78 is -1.40. The van der Waals surface area contributed by atoms with Crippen LogP contribution in [-0.2, 0) is 4.79 Å². The zero-order valence-electron chi connectivity index (χ0n) is 7.45. The fraction of sp³-hybridized carbons (Fsp3) is 0.100. The maximum absolute atomic E-state index is 9.96. The number of aliphatic imine (C=N–C) groups is 1. The fourth-order valence-electron chi connectivity index (χ4n) is 0.903. The van der Waals surface area contributed by atoms with E-state index in [9.17, 15) is 4.79 Å². The molecule has 1 aromatic carbocycles. The molecule has 0 N–H and O–H groups in total. The van der Waals surface area contributed by atoms with Gasteiger partial charge in [0.15, 0.2) is 0 Å². The Morgan fingerprint density at radius 2 is 1.80 bits per heavy atom. The van der Waals surface area contributed by atoms with E-state index in [-0.39, 0.29) is 0 Å². The third-order valence-electron chi connectivity index (χ3n) is 1.53. The second-order valence-electron chi connectivity index (χ2n) is 2.67. The Kier molecular flexibility index (Phi) is 4.37. The molecule has 78 valence electrons. The average molecular weight is 263 g/mol. The molecule has 0 saturated heterocycles. The first kappa shape index (κ1) is 12.3. The Morgan fingerprint density at radius 3 is 2.27 bits per heavy atom. The van der Waals surface area contributed by atoms with Crippen LogP contribution in [-0.4, -0.2) is 9.87 Å². The van der Waals surface area contributed by atoms with Crippen LogP contribution in [0.5, 0.6) is 0 Å². The summed E-state index contributed by atoms with van der Waals surface area (Å²) >= 11 is 16.6. The SMILES string of the molecule is O=C=Nc1ccc(C=CC(Cl)(Cl)Cl)cc1. The maximum Gasteiger partial charge on any atom is 0.240 e. The molecule has 0 aromatic heterocycles. The molecule has 0 spiro atoms. The van der Waals surface area contributed by atoms with Crippen LogP contribution in [0.4, 0.5) is 5.69 Å². The van der Waals surface area contributed by atoms with Crippen LogP contribution in [0.2, 0.25) is 0 Å². The Morgan fingerprint density at radius 1 is 1.20 bits per heavy atom. The summed E-state index contributed by atoms with van der Waals surface area (Å²) in [6, 6.07) is 6.85. The van der Waals surface area contributed by atoms with E-state index >= 15 is 0 Å². The first-order chi connectivity index (χ1) is 7.01. The van der Waals surface area contributed by atoms with Gasteiger partial charge in [0.1, 0.15) is 0 Å². The number of alkyl halides is 3. The number of isocyanates is 1. The van der Waals surface area contributed by atoms with Gasteiger partial charge in [0, 0.05) is 0 Å². The number of hydrogen-bond acceptors (Lipinski definition) is 2. The van der Waals surface area contributed by atoms with E-state index in [0.29, 0.717) is 5.69 Å². The first-order valence-corrected chi connectivity index (χ1v) is 5.08. The number of nitrogens with zero attached hydrogens (tertiary/aromatic N) is 1. The van der Waals surface area contributed by atoms with E-state index in [1.54, 1.807) is 30.3 Å². The number of rotatable bonds is 2. The van der Waals surface area contributed by atoms with Gasteiger partial charge in [-0.3, -0.25) is 0 Å². The van der Waals surface area contributed by atoms with Crippen molar-refractivity contribution in [3.05, 3.63) is 35.9 Å². The van der Waals surface area contributed by atoms with Gasteiger partial charge in [0.05, 0.1) is 5.69 Å². The van der Waals surface area contributed by atoms with Gasteiger partial charge in [-0.25, -0.2) is 4.79 Å². The summed E-state index contributed by atoms with van der Waals surface area (Å²) in [5, 5.41) is 0. The molecule has 0 bridgehead atoms. The van der Waals surface area contributed by atoms with Crippen LogP contribution in [0.1, 0.15) is 5.56 Å². The Labute approximate surface area is 102 Å². The summed E-state index contributed by atoms with van der Waals surface area (Å²) in [7, 11) is 0. The molecule has 0 saturated carbocycles. The fourth-order valence-corrected chi connectivity index (χ4v) is 1.09. The van der Waals surface area contributed by atoms with Gasteiger partial charge in [0.2, 0.25) is 9.87 Å². The topological polar surface area (TPSA) is 29.4 Å². The Balaban J connectivity index is 2.81. The normalized spacial score (nSPS) is 11.4. The lowest BCUT2D eigenvalue weighted by atomic mass is 10.2. The van der Waals surface area contributed by atoms with Crippen LogP contribution in [0.3, 0.4) is 0 Å². The van der Waals surface area contributed by atoms with Crippen LogP contribution in [0.15, 0.2) is 35.3 Å². The molecule has 15 heavy (non-hydrogen) atoms. The predicted octanol–water partition coefficient (Wildman–Crippen LogP) is 4.04. The molecule has 0 amide bonds. The van der Waals surface area contributed by atoms with Crippen molar-refractivity contribution in [1.82, 2.24) is 0 Å². The van der Waals surface area contributed by atoms with Crippen molar-refractivity contribution in [3.8, 4) is 0 Å². The number of benzene rings is 1. The molecule has 1 aromatic rings. The van der Waals surface area contributed by atoms with E-state index in [2.05, 4.69) is 4.99 Å². The van der Waals surface area contributed by atoms with Gasteiger partial charge < -0.3 is 0 Å². The molecule has 0 aliphatic heterocycles. The average Bonchev–Trinajstić information content (AvgIpc) is 2.16. The summed E-state index contributed by atoms with van der Waals surface area (Å²) in [4.78, 5) is 13.4. The third-order valence-corrected chi connectivity index (χ3v) is 1.91. The summed E-state index contributed by atoms with van der Waals surface area (Å²) in [6.45, 7) is 0. The summed E-state index contributed by atoms with van der Waals surface area (Å²) in [5.74, 6) is 0. The van der Waals surface area contributed by atoms with E-state index in [4.69, 9.17) is 34.8 Å². The smallest absolute Gasteiger partial charge is 0.211 e. The van der Waals surface area contributed by atoms with Crippen LogP contribution in [0.25, 0.3) is 6.08 Å². The lowest BCUT2D eigenvalue weighted by Crippen LogP contribution is -1.93. The molecule has 1 rings (SSSR count). The number of allylic oxidation sites excluding steroid dienone is 1. The molecule has 0 radical (unpaired) electrons.